The van der Waals surface area contributed by atoms with E-state index in [0.717, 1.165) is 41.9 Å². The maximum Gasteiger partial charge on any atom is 0.325 e. The van der Waals surface area contributed by atoms with Crippen molar-refractivity contribution in [3.05, 3.63) is 30.6 Å². The Labute approximate surface area is 174 Å². The summed E-state index contributed by atoms with van der Waals surface area (Å²) in [4.78, 5) is 35.8. The van der Waals surface area contributed by atoms with E-state index < -0.39 is 0 Å². The van der Waals surface area contributed by atoms with Crippen LogP contribution in [0.25, 0.3) is 22.4 Å². The van der Waals surface area contributed by atoms with Crippen LogP contribution in [0.3, 0.4) is 0 Å². The van der Waals surface area contributed by atoms with E-state index in [4.69, 9.17) is 14.7 Å². The molecule has 3 aromatic rings. The molecular formula is C21H25N7O2. The molecule has 0 saturated carbocycles. The number of hydrogen-bond acceptors (Lipinski definition) is 6. The number of urea groups is 1. The minimum atomic E-state index is -0.0339. The molecule has 2 amide bonds. The fraction of sp³-hybridized carbons (Fsp3) is 0.429. The van der Waals surface area contributed by atoms with Gasteiger partial charge in [-0.2, -0.15) is 0 Å². The van der Waals surface area contributed by atoms with E-state index in [1.807, 2.05) is 31.4 Å². The minimum absolute atomic E-state index is 0.0339. The summed E-state index contributed by atoms with van der Waals surface area (Å²) in [7, 11) is 1.83. The predicted molar refractivity (Wildman–Crippen MR) is 115 cm³/mol. The number of hydrogen-bond donors (Lipinski definition) is 1. The Morgan fingerprint density at radius 1 is 1.17 bits per heavy atom. The topological polar surface area (TPSA) is 90.5 Å². The van der Waals surface area contributed by atoms with Crippen molar-refractivity contribution in [3.8, 4) is 11.4 Å². The van der Waals surface area contributed by atoms with Crippen LogP contribution >= 0.6 is 0 Å². The quantitative estimate of drug-likeness (QED) is 0.717. The number of nitrogens with one attached hydrogen (secondary N) is 1. The Kier molecular flexibility index (Phi) is 4.74. The first-order chi connectivity index (χ1) is 14.6. The highest BCUT2D eigenvalue weighted by Gasteiger charge is 2.28. The van der Waals surface area contributed by atoms with Crippen LogP contribution < -0.4 is 9.80 Å². The summed E-state index contributed by atoms with van der Waals surface area (Å²) < 4.78 is 5.60. The molecule has 1 atom stereocenters. The van der Waals surface area contributed by atoms with Gasteiger partial charge in [0, 0.05) is 56.1 Å². The van der Waals surface area contributed by atoms with E-state index in [2.05, 4.69) is 21.8 Å². The first-order valence-electron chi connectivity index (χ1n) is 10.3. The summed E-state index contributed by atoms with van der Waals surface area (Å²) in [6.45, 7) is 5.58. The highest BCUT2D eigenvalue weighted by atomic mass is 16.5. The van der Waals surface area contributed by atoms with Crippen LogP contribution in [-0.2, 0) is 4.74 Å². The summed E-state index contributed by atoms with van der Waals surface area (Å²) in [6, 6.07) is 5.99. The second kappa shape index (κ2) is 7.56. The number of amides is 2. The van der Waals surface area contributed by atoms with E-state index in [1.54, 1.807) is 16.0 Å². The van der Waals surface area contributed by atoms with Crippen LogP contribution in [0.4, 0.5) is 16.4 Å². The molecule has 0 aromatic carbocycles. The number of morpholine rings is 1. The molecule has 1 N–H and O–H groups in total. The molecule has 2 aliphatic heterocycles. The minimum Gasteiger partial charge on any atom is -0.377 e. The van der Waals surface area contributed by atoms with Gasteiger partial charge >= 0.3 is 6.03 Å². The second-order valence-electron chi connectivity index (χ2n) is 7.83. The Bertz CT molecular complexity index is 1080. The maximum absolute atomic E-state index is 12.8. The molecule has 9 heteroatoms. The number of anilines is 2. The molecule has 5 heterocycles. The van der Waals surface area contributed by atoms with E-state index >= 15 is 0 Å². The van der Waals surface area contributed by atoms with Crippen molar-refractivity contribution in [2.45, 2.75) is 19.4 Å². The van der Waals surface area contributed by atoms with Crippen LogP contribution in [0.2, 0.25) is 0 Å². The predicted octanol–water partition coefficient (Wildman–Crippen LogP) is 2.51. The third-order valence-corrected chi connectivity index (χ3v) is 5.77. The summed E-state index contributed by atoms with van der Waals surface area (Å²) in [5, 5.41) is 0.956. The first-order valence-corrected chi connectivity index (χ1v) is 10.3. The van der Waals surface area contributed by atoms with Gasteiger partial charge in [0.25, 0.3) is 0 Å². The SMILES string of the molecule is CC1COCCN1c1cc(N2CCCN(C)C2=O)nc(-c2ccnc3[nH]ccc23)n1. The third kappa shape index (κ3) is 3.24. The molecule has 0 spiro atoms. The first kappa shape index (κ1) is 18.8. The lowest BCUT2D eigenvalue weighted by atomic mass is 10.1. The number of carbonyl (C=O) groups excluding carboxylic acids is 1. The molecule has 2 saturated heterocycles. The van der Waals surface area contributed by atoms with E-state index in [1.165, 1.54) is 0 Å². The fourth-order valence-corrected chi connectivity index (χ4v) is 4.13. The fourth-order valence-electron chi connectivity index (χ4n) is 4.13. The maximum atomic E-state index is 12.8. The number of carbonyl (C=O) groups is 1. The van der Waals surface area contributed by atoms with Crippen LogP contribution in [0.1, 0.15) is 13.3 Å². The van der Waals surface area contributed by atoms with Gasteiger partial charge in [-0.15, -0.1) is 0 Å². The third-order valence-electron chi connectivity index (χ3n) is 5.77. The summed E-state index contributed by atoms with van der Waals surface area (Å²) in [5.74, 6) is 2.03. The molecule has 5 rings (SSSR count). The van der Waals surface area contributed by atoms with E-state index in [9.17, 15) is 4.79 Å². The van der Waals surface area contributed by atoms with Crippen molar-refractivity contribution in [3.63, 3.8) is 0 Å². The number of H-pyrrole nitrogens is 1. The van der Waals surface area contributed by atoms with Crippen molar-refractivity contribution in [1.29, 1.82) is 0 Å². The second-order valence-corrected chi connectivity index (χ2v) is 7.83. The average molecular weight is 407 g/mol. The highest BCUT2D eigenvalue weighted by molar-refractivity contribution is 5.94. The van der Waals surface area contributed by atoms with Crippen LogP contribution in [0.5, 0.6) is 0 Å². The molecule has 0 radical (unpaired) electrons. The number of rotatable bonds is 3. The van der Waals surface area contributed by atoms with Gasteiger partial charge in [0.15, 0.2) is 5.82 Å². The van der Waals surface area contributed by atoms with Gasteiger partial charge in [-0.05, 0) is 25.5 Å². The van der Waals surface area contributed by atoms with Crippen LogP contribution in [-0.4, -0.2) is 76.8 Å². The van der Waals surface area contributed by atoms with Crippen LogP contribution in [0, 0.1) is 0 Å². The monoisotopic (exact) mass is 407 g/mol. The molecular weight excluding hydrogens is 382 g/mol. The Balaban J connectivity index is 1.65. The molecule has 9 nitrogen and oxygen atoms in total. The number of aromatic nitrogens is 4. The summed E-state index contributed by atoms with van der Waals surface area (Å²) >= 11 is 0. The molecule has 3 aromatic heterocycles. The zero-order valence-corrected chi connectivity index (χ0v) is 17.2. The van der Waals surface area contributed by atoms with Gasteiger partial charge in [-0.25, -0.2) is 19.7 Å². The lowest BCUT2D eigenvalue weighted by molar-refractivity contribution is 0.0985. The average Bonchev–Trinajstić information content (AvgIpc) is 3.25. The van der Waals surface area contributed by atoms with E-state index in [0.29, 0.717) is 31.4 Å². The van der Waals surface area contributed by atoms with Crippen molar-refractivity contribution >= 4 is 28.7 Å². The van der Waals surface area contributed by atoms with Crippen molar-refractivity contribution in [1.82, 2.24) is 24.8 Å². The lowest BCUT2D eigenvalue weighted by Crippen LogP contribution is -2.48. The van der Waals surface area contributed by atoms with Crippen molar-refractivity contribution in [2.75, 3.05) is 49.7 Å². The molecule has 2 fully saturated rings. The Hall–Kier alpha value is -3.20. The number of nitrogens with zero attached hydrogens (tertiary/aromatic N) is 6. The van der Waals surface area contributed by atoms with Crippen molar-refractivity contribution in [2.24, 2.45) is 0 Å². The normalized spacial score (nSPS) is 20.3. The smallest absolute Gasteiger partial charge is 0.325 e. The van der Waals surface area contributed by atoms with Crippen LogP contribution in [0.15, 0.2) is 30.6 Å². The molecule has 156 valence electrons. The van der Waals surface area contributed by atoms with Gasteiger partial charge < -0.3 is 19.5 Å². The van der Waals surface area contributed by atoms with E-state index in [-0.39, 0.29) is 12.1 Å². The zero-order valence-electron chi connectivity index (χ0n) is 17.2. The number of fused-ring (bicyclic) bond motifs is 1. The Morgan fingerprint density at radius 3 is 2.90 bits per heavy atom. The largest absolute Gasteiger partial charge is 0.377 e. The molecule has 0 aliphatic carbocycles. The van der Waals surface area contributed by atoms with Gasteiger partial charge in [0.2, 0.25) is 0 Å². The van der Waals surface area contributed by atoms with Gasteiger partial charge in [-0.1, -0.05) is 0 Å². The molecule has 30 heavy (non-hydrogen) atoms. The molecule has 1 unspecified atom stereocenters. The van der Waals surface area contributed by atoms with Gasteiger partial charge in [-0.3, -0.25) is 4.90 Å². The summed E-state index contributed by atoms with van der Waals surface area (Å²) in [6.07, 6.45) is 4.52. The zero-order chi connectivity index (χ0) is 20.7. The number of aromatic amines is 1. The standard InChI is InChI=1S/C21H25N7O2/c1-14-13-30-11-10-27(14)17-12-18(28-9-3-8-26(2)21(28)29)25-20(24-17)16-5-7-23-19-15(16)4-6-22-19/h4-7,12,14H,3,8-11,13H2,1-2H3,(H,22,23). The molecule has 2 aliphatic rings. The van der Waals surface area contributed by atoms with Gasteiger partial charge in [0.1, 0.15) is 17.3 Å². The molecule has 0 bridgehead atoms. The summed E-state index contributed by atoms with van der Waals surface area (Å²) in [5.41, 5.74) is 1.68. The number of ether oxygens (including phenoxy) is 1. The van der Waals surface area contributed by atoms with Crippen molar-refractivity contribution < 1.29 is 9.53 Å². The Morgan fingerprint density at radius 2 is 2.03 bits per heavy atom. The van der Waals surface area contributed by atoms with Gasteiger partial charge in [0.05, 0.1) is 19.3 Å². The lowest BCUT2D eigenvalue weighted by Gasteiger charge is -2.36. The highest BCUT2D eigenvalue weighted by Crippen LogP contribution is 2.30. The number of pyridine rings is 1.